The standard InChI is InChI=1S/C28H25F3N2O4/c1-2-32-20(17-36-27(32)35)15-18-7-11-21(12-8-18)37-22-13-9-19(10-14-22)16-33-24-6-4-3-5-23(24)25(26(33)34)28(29,30)31/h3-14,20,25H,2,15-17H2,1H3. The van der Waals surface area contributed by atoms with Crippen LogP contribution in [0.1, 0.15) is 29.5 Å². The number of carbonyl (C=O) groups is 2. The first-order chi connectivity index (χ1) is 17.7. The molecule has 6 nitrogen and oxygen atoms in total. The topological polar surface area (TPSA) is 59.1 Å². The van der Waals surface area contributed by atoms with E-state index in [1.54, 1.807) is 35.2 Å². The number of anilines is 1. The third-order valence-corrected chi connectivity index (χ3v) is 6.69. The quantitative estimate of drug-likeness (QED) is 0.388. The Morgan fingerprint density at radius 1 is 0.919 bits per heavy atom. The van der Waals surface area contributed by atoms with Crippen molar-refractivity contribution in [3.05, 3.63) is 89.5 Å². The fourth-order valence-electron chi connectivity index (χ4n) is 4.86. The molecule has 2 aliphatic rings. The van der Waals surface area contributed by atoms with E-state index in [0.717, 1.165) is 5.56 Å². The van der Waals surface area contributed by atoms with Gasteiger partial charge in [0.1, 0.15) is 18.1 Å². The number of fused-ring (bicyclic) bond motifs is 1. The van der Waals surface area contributed by atoms with Gasteiger partial charge in [-0.3, -0.25) is 4.79 Å². The van der Waals surface area contributed by atoms with Crippen molar-refractivity contribution >= 4 is 17.7 Å². The summed E-state index contributed by atoms with van der Waals surface area (Å²) in [5, 5.41) is 0. The molecule has 0 spiro atoms. The number of para-hydroxylation sites is 1. The van der Waals surface area contributed by atoms with Crippen LogP contribution in [0, 0.1) is 0 Å². The first-order valence-electron chi connectivity index (χ1n) is 12.0. The molecule has 2 aliphatic heterocycles. The highest BCUT2D eigenvalue weighted by atomic mass is 19.4. The maximum absolute atomic E-state index is 13.6. The third-order valence-electron chi connectivity index (χ3n) is 6.69. The van der Waals surface area contributed by atoms with Crippen molar-refractivity contribution in [1.82, 2.24) is 4.90 Å². The zero-order valence-corrected chi connectivity index (χ0v) is 20.1. The summed E-state index contributed by atoms with van der Waals surface area (Å²) in [5.74, 6) is -1.92. The van der Waals surface area contributed by atoms with Crippen LogP contribution in [0.15, 0.2) is 72.8 Å². The number of likely N-dealkylation sites (N-methyl/N-ethyl adjacent to an activating group) is 1. The number of benzene rings is 3. The number of hydrogen-bond donors (Lipinski definition) is 0. The highest BCUT2D eigenvalue weighted by Crippen LogP contribution is 2.46. The van der Waals surface area contributed by atoms with Gasteiger partial charge < -0.3 is 19.3 Å². The lowest BCUT2D eigenvalue weighted by Gasteiger charge is -2.19. The molecule has 0 radical (unpaired) electrons. The smallest absolute Gasteiger partial charge is 0.410 e. The van der Waals surface area contributed by atoms with Gasteiger partial charge in [-0.25, -0.2) is 4.79 Å². The second-order valence-electron chi connectivity index (χ2n) is 9.07. The SMILES string of the molecule is CCN1C(=O)OCC1Cc1ccc(Oc2ccc(CN3C(=O)C(C(F)(F)F)c4ccccc43)cc2)cc1. The second-order valence-corrected chi connectivity index (χ2v) is 9.07. The molecule has 1 saturated heterocycles. The Morgan fingerprint density at radius 3 is 2.16 bits per heavy atom. The molecule has 0 saturated carbocycles. The fourth-order valence-corrected chi connectivity index (χ4v) is 4.86. The summed E-state index contributed by atoms with van der Waals surface area (Å²) in [6.07, 6.45) is -4.25. The Labute approximate surface area is 212 Å². The highest BCUT2D eigenvalue weighted by Gasteiger charge is 2.53. The van der Waals surface area contributed by atoms with Crippen LogP contribution in [0.2, 0.25) is 0 Å². The molecule has 192 valence electrons. The molecule has 2 heterocycles. The molecule has 2 unspecified atom stereocenters. The fraction of sp³-hybridized carbons (Fsp3) is 0.286. The number of nitrogens with zero attached hydrogens (tertiary/aromatic N) is 2. The van der Waals surface area contributed by atoms with Crippen molar-refractivity contribution in [3.63, 3.8) is 0 Å². The summed E-state index contributed by atoms with van der Waals surface area (Å²) in [6, 6.07) is 20.5. The lowest BCUT2D eigenvalue weighted by molar-refractivity contribution is -0.161. The van der Waals surface area contributed by atoms with Crippen LogP contribution < -0.4 is 9.64 Å². The Bertz CT molecular complexity index is 1290. The Kier molecular flexibility index (Phi) is 6.54. The molecule has 37 heavy (non-hydrogen) atoms. The van der Waals surface area contributed by atoms with Gasteiger partial charge in [0.2, 0.25) is 5.91 Å². The van der Waals surface area contributed by atoms with Crippen molar-refractivity contribution in [2.75, 3.05) is 18.1 Å². The first kappa shape index (κ1) is 24.7. The molecular formula is C28H25F3N2O4. The van der Waals surface area contributed by atoms with Crippen LogP contribution in [0.25, 0.3) is 0 Å². The zero-order valence-electron chi connectivity index (χ0n) is 20.1. The van der Waals surface area contributed by atoms with E-state index in [-0.39, 0.29) is 29.9 Å². The van der Waals surface area contributed by atoms with Crippen molar-refractivity contribution in [3.8, 4) is 11.5 Å². The van der Waals surface area contributed by atoms with E-state index < -0.39 is 18.0 Å². The molecular weight excluding hydrogens is 485 g/mol. The van der Waals surface area contributed by atoms with Gasteiger partial charge in [-0.2, -0.15) is 13.2 Å². The van der Waals surface area contributed by atoms with Gasteiger partial charge in [0.05, 0.1) is 12.6 Å². The summed E-state index contributed by atoms with van der Waals surface area (Å²) in [5.41, 5.74) is 2.00. The molecule has 5 rings (SSSR count). The van der Waals surface area contributed by atoms with E-state index in [0.29, 0.717) is 36.6 Å². The molecule has 3 aromatic carbocycles. The maximum atomic E-state index is 13.6. The summed E-state index contributed by atoms with van der Waals surface area (Å²) in [6.45, 7) is 2.92. The van der Waals surface area contributed by atoms with E-state index in [9.17, 15) is 22.8 Å². The first-order valence-corrected chi connectivity index (χ1v) is 12.0. The van der Waals surface area contributed by atoms with Gasteiger partial charge in [-0.1, -0.05) is 42.5 Å². The second kappa shape index (κ2) is 9.80. The average Bonchev–Trinajstić information content (AvgIpc) is 3.37. The summed E-state index contributed by atoms with van der Waals surface area (Å²) >= 11 is 0. The molecule has 2 amide bonds. The maximum Gasteiger partial charge on any atom is 0.410 e. The lowest BCUT2D eigenvalue weighted by Crippen LogP contribution is -2.34. The monoisotopic (exact) mass is 510 g/mol. The highest BCUT2D eigenvalue weighted by molar-refractivity contribution is 6.05. The van der Waals surface area contributed by atoms with Crippen molar-refractivity contribution in [2.45, 2.75) is 38.0 Å². The summed E-state index contributed by atoms with van der Waals surface area (Å²) < 4.78 is 51.7. The van der Waals surface area contributed by atoms with E-state index >= 15 is 0 Å². The van der Waals surface area contributed by atoms with Crippen LogP contribution in [0.3, 0.4) is 0 Å². The minimum absolute atomic E-state index is 0.0117. The number of alkyl halides is 3. The number of hydrogen-bond acceptors (Lipinski definition) is 4. The van der Waals surface area contributed by atoms with Crippen molar-refractivity contribution in [1.29, 1.82) is 0 Å². The number of cyclic esters (lactones) is 1. The molecule has 2 atom stereocenters. The number of carbonyl (C=O) groups excluding carboxylic acids is 2. The normalized spacial score (nSPS) is 19.2. The minimum atomic E-state index is -4.65. The van der Waals surface area contributed by atoms with Crippen LogP contribution in [-0.4, -0.2) is 42.3 Å². The number of rotatable bonds is 7. The lowest BCUT2D eigenvalue weighted by atomic mass is 10.0. The van der Waals surface area contributed by atoms with Crippen LogP contribution >= 0.6 is 0 Å². The van der Waals surface area contributed by atoms with Gasteiger partial charge in [0.15, 0.2) is 5.92 Å². The Hall–Kier alpha value is -4.01. The molecule has 3 aromatic rings. The van der Waals surface area contributed by atoms with E-state index in [4.69, 9.17) is 9.47 Å². The van der Waals surface area contributed by atoms with Crippen molar-refractivity contribution < 1.29 is 32.2 Å². The van der Waals surface area contributed by atoms with Crippen LogP contribution in [0.4, 0.5) is 23.7 Å². The zero-order chi connectivity index (χ0) is 26.2. The van der Waals surface area contributed by atoms with E-state index in [1.165, 1.54) is 23.1 Å². The van der Waals surface area contributed by atoms with Gasteiger partial charge >= 0.3 is 12.3 Å². The average molecular weight is 511 g/mol. The molecule has 0 bridgehead atoms. The van der Waals surface area contributed by atoms with Crippen LogP contribution in [-0.2, 0) is 22.5 Å². The molecule has 1 fully saturated rings. The molecule has 0 N–H and O–H groups in total. The van der Waals surface area contributed by atoms with E-state index in [2.05, 4.69) is 0 Å². The molecule has 0 aromatic heterocycles. The third kappa shape index (κ3) is 4.98. The van der Waals surface area contributed by atoms with Crippen molar-refractivity contribution in [2.24, 2.45) is 0 Å². The predicted molar refractivity (Wildman–Crippen MR) is 131 cm³/mol. The Balaban J connectivity index is 1.23. The van der Waals surface area contributed by atoms with Gasteiger partial charge in [0, 0.05) is 12.2 Å². The van der Waals surface area contributed by atoms with Gasteiger partial charge in [-0.05, 0) is 60.4 Å². The van der Waals surface area contributed by atoms with E-state index in [1.807, 2.05) is 31.2 Å². The Morgan fingerprint density at radius 2 is 1.54 bits per heavy atom. The summed E-state index contributed by atoms with van der Waals surface area (Å²) in [7, 11) is 0. The predicted octanol–water partition coefficient (Wildman–Crippen LogP) is 6.05. The minimum Gasteiger partial charge on any atom is -0.457 e. The van der Waals surface area contributed by atoms with Gasteiger partial charge in [0.25, 0.3) is 0 Å². The number of amides is 2. The number of ether oxygens (including phenoxy) is 2. The van der Waals surface area contributed by atoms with Crippen LogP contribution in [0.5, 0.6) is 11.5 Å². The van der Waals surface area contributed by atoms with Gasteiger partial charge in [-0.15, -0.1) is 0 Å². The molecule has 9 heteroatoms. The number of halogens is 3. The largest absolute Gasteiger partial charge is 0.457 e. The molecule has 0 aliphatic carbocycles. The summed E-state index contributed by atoms with van der Waals surface area (Å²) in [4.78, 5) is 27.3.